The lowest BCUT2D eigenvalue weighted by Crippen LogP contribution is -3.09. The van der Waals surface area contributed by atoms with E-state index in [1.54, 1.807) is 24.1 Å². The number of fused-ring (bicyclic) bond motifs is 1. The average Bonchev–Trinajstić information content (AvgIpc) is 2.88. The van der Waals surface area contributed by atoms with Crippen molar-refractivity contribution in [1.29, 1.82) is 0 Å². The van der Waals surface area contributed by atoms with Gasteiger partial charge in [0, 0.05) is 5.56 Å². The number of ether oxygens (including phenoxy) is 2. The van der Waals surface area contributed by atoms with Gasteiger partial charge in [0.25, 0.3) is 5.78 Å². The number of quaternary nitrogens is 1. The zero-order chi connectivity index (χ0) is 18.7. The standard InChI is InChI=1S/C20H22N2O4/c1-4-26-17-10-9-14(11-18(17)25-3)12-21(2)13-22-16-8-6-5-7-15(16)19(23)20(22)24/h5-11H,4,12-13H2,1-3H3/p+1. The lowest BCUT2D eigenvalue weighted by Gasteiger charge is -2.22. The molecule has 1 N–H and O–H groups in total. The van der Waals surface area contributed by atoms with E-state index in [0.29, 0.717) is 42.6 Å². The molecule has 0 aliphatic carbocycles. The van der Waals surface area contributed by atoms with Crippen molar-refractivity contribution in [3.8, 4) is 11.5 Å². The summed E-state index contributed by atoms with van der Waals surface area (Å²) in [5, 5.41) is 0. The molecule has 0 saturated carbocycles. The number of carbonyl (C=O) groups is 2. The van der Waals surface area contributed by atoms with Gasteiger partial charge in [0.15, 0.2) is 18.2 Å². The molecule has 1 amide bonds. The Balaban J connectivity index is 1.72. The highest BCUT2D eigenvalue weighted by atomic mass is 16.5. The van der Waals surface area contributed by atoms with Crippen LogP contribution in [-0.2, 0) is 11.3 Å². The van der Waals surface area contributed by atoms with Crippen molar-refractivity contribution in [3.63, 3.8) is 0 Å². The smallest absolute Gasteiger partial charge is 0.303 e. The monoisotopic (exact) mass is 355 g/mol. The summed E-state index contributed by atoms with van der Waals surface area (Å²) in [5.41, 5.74) is 2.23. The van der Waals surface area contributed by atoms with Crippen molar-refractivity contribution >= 4 is 17.4 Å². The number of nitrogens with one attached hydrogen (secondary N) is 1. The van der Waals surface area contributed by atoms with Gasteiger partial charge in [-0.25, -0.2) is 0 Å². The van der Waals surface area contributed by atoms with Crippen LogP contribution in [-0.4, -0.2) is 39.1 Å². The van der Waals surface area contributed by atoms with Crippen LogP contribution in [0.4, 0.5) is 5.69 Å². The number of para-hydroxylation sites is 1. The maximum Gasteiger partial charge on any atom is 0.303 e. The fourth-order valence-corrected chi connectivity index (χ4v) is 3.18. The SMILES string of the molecule is CCOc1ccc(C[NH+](C)CN2C(=O)C(=O)c3ccccc32)cc1OC. The normalized spacial score (nSPS) is 14.3. The minimum atomic E-state index is -0.463. The molecule has 1 heterocycles. The van der Waals surface area contributed by atoms with E-state index in [-0.39, 0.29) is 0 Å². The largest absolute Gasteiger partial charge is 0.493 e. The molecule has 1 aliphatic rings. The van der Waals surface area contributed by atoms with Gasteiger partial charge in [0.2, 0.25) is 0 Å². The summed E-state index contributed by atoms with van der Waals surface area (Å²) < 4.78 is 10.9. The molecule has 2 aromatic carbocycles. The summed E-state index contributed by atoms with van der Waals surface area (Å²) in [6, 6.07) is 12.9. The Morgan fingerprint density at radius 2 is 1.85 bits per heavy atom. The highest BCUT2D eigenvalue weighted by Crippen LogP contribution is 2.28. The number of amides is 1. The van der Waals surface area contributed by atoms with Crippen molar-refractivity contribution < 1.29 is 24.0 Å². The zero-order valence-corrected chi connectivity index (χ0v) is 15.2. The number of anilines is 1. The van der Waals surface area contributed by atoms with Crippen molar-refractivity contribution in [1.82, 2.24) is 0 Å². The predicted molar refractivity (Wildman–Crippen MR) is 97.9 cm³/mol. The molecule has 0 fully saturated rings. The van der Waals surface area contributed by atoms with Crippen LogP contribution in [0.3, 0.4) is 0 Å². The van der Waals surface area contributed by atoms with E-state index in [2.05, 4.69) is 0 Å². The molecule has 0 saturated heterocycles. The van der Waals surface area contributed by atoms with E-state index < -0.39 is 11.7 Å². The van der Waals surface area contributed by atoms with Gasteiger partial charge in [-0.3, -0.25) is 14.5 Å². The summed E-state index contributed by atoms with van der Waals surface area (Å²) >= 11 is 0. The molecule has 6 nitrogen and oxygen atoms in total. The Kier molecular flexibility index (Phi) is 5.23. The van der Waals surface area contributed by atoms with E-state index in [4.69, 9.17) is 9.47 Å². The molecule has 1 atom stereocenters. The molecule has 0 radical (unpaired) electrons. The summed E-state index contributed by atoms with van der Waals surface area (Å²) in [5.74, 6) is 0.506. The second-order valence-corrected chi connectivity index (χ2v) is 6.29. The quantitative estimate of drug-likeness (QED) is 0.761. The third-order valence-corrected chi connectivity index (χ3v) is 4.34. The molecule has 1 aliphatic heterocycles. The van der Waals surface area contributed by atoms with Gasteiger partial charge in [-0.15, -0.1) is 0 Å². The van der Waals surface area contributed by atoms with E-state index in [0.717, 1.165) is 10.5 Å². The highest BCUT2D eigenvalue weighted by molar-refractivity contribution is 6.52. The van der Waals surface area contributed by atoms with Crippen LogP contribution in [0.25, 0.3) is 0 Å². The van der Waals surface area contributed by atoms with Gasteiger partial charge in [0.05, 0.1) is 32.0 Å². The van der Waals surface area contributed by atoms with Crippen LogP contribution in [0.15, 0.2) is 42.5 Å². The first kappa shape index (κ1) is 17.9. The Bertz CT molecular complexity index is 834. The summed E-state index contributed by atoms with van der Waals surface area (Å²) in [7, 11) is 3.60. The van der Waals surface area contributed by atoms with Gasteiger partial charge in [-0.1, -0.05) is 12.1 Å². The first-order chi connectivity index (χ1) is 12.5. The fourth-order valence-electron chi connectivity index (χ4n) is 3.18. The summed E-state index contributed by atoms with van der Waals surface area (Å²) in [6.45, 7) is 3.60. The first-order valence-electron chi connectivity index (χ1n) is 8.61. The predicted octanol–water partition coefficient (Wildman–Crippen LogP) is 1.30. The molecule has 0 bridgehead atoms. The van der Waals surface area contributed by atoms with Crippen LogP contribution in [0.1, 0.15) is 22.8 Å². The topological polar surface area (TPSA) is 60.3 Å². The van der Waals surface area contributed by atoms with E-state index >= 15 is 0 Å². The minimum Gasteiger partial charge on any atom is -0.493 e. The van der Waals surface area contributed by atoms with E-state index in [9.17, 15) is 9.59 Å². The molecular weight excluding hydrogens is 332 g/mol. The van der Waals surface area contributed by atoms with Crippen molar-refractivity contribution in [2.75, 3.05) is 32.3 Å². The van der Waals surface area contributed by atoms with E-state index in [1.807, 2.05) is 44.3 Å². The number of methoxy groups -OCH3 is 1. The maximum absolute atomic E-state index is 12.3. The number of nitrogens with zero attached hydrogens (tertiary/aromatic N) is 1. The van der Waals surface area contributed by atoms with E-state index in [1.165, 1.54) is 0 Å². The van der Waals surface area contributed by atoms with Gasteiger partial charge in [-0.2, -0.15) is 0 Å². The number of carbonyl (C=O) groups excluding carboxylic acids is 2. The lowest BCUT2D eigenvalue weighted by molar-refractivity contribution is -0.892. The molecule has 0 spiro atoms. The molecule has 6 heteroatoms. The third kappa shape index (κ3) is 3.41. The Hall–Kier alpha value is -2.86. The van der Waals surface area contributed by atoms with Crippen LogP contribution < -0.4 is 19.3 Å². The Labute approximate surface area is 152 Å². The number of rotatable bonds is 7. The Morgan fingerprint density at radius 3 is 2.58 bits per heavy atom. The number of hydrogen-bond donors (Lipinski definition) is 1. The lowest BCUT2D eigenvalue weighted by atomic mass is 10.1. The van der Waals surface area contributed by atoms with Gasteiger partial charge in [-0.05, 0) is 37.3 Å². The number of Topliss-reactive ketones (excluding diaryl/α,β-unsaturated/α-hetero) is 1. The van der Waals surface area contributed by atoms with Crippen molar-refractivity contribution in [3.05, 3.63) is 53.6 Å². The van der Waals surface area contributed by atoms with Crippen LogP contribution in [0.2, 0.25) is 0 Å². The van der Waals surface area contributed by atoms with Crippen molar-refractivity contribution in [2.24, 2.45) is 0 Å². The molecule has 26 heavy (non-hydrogen) atoms. The van der Waals surface area contributed by atoms with Crippen LogP contribution >= 0.6 is 0 Å². The zero-order valence-electron chi connectivity index (χ0n) is 15.2. The van der Waals surface area contributed by atoms with Crippen LogP contribution in [0.5, 0.6) is 11.5 Å². The molecule has 1 unspecified atom stereocenters. The summed E-state index contributed by atoms with van der Waals surface area (Å²) in [4.78, 5) is 27.0. The summed E-state index contributed by atoms with van der Waals surface area (Å²) in [6.07, 6.45) is 0. The second-order valence-electron chi connectivity index (χ2n) is 6.29. The first-order valence-corrected chi connectivity index (χ1v) is 8.61. The molecule has 0 aromatic heterocycles. The highest BCUT2D eigenvalue weighted by Gasteiger charge is 2.36. The fraction of sp³-hybridized carbons (Fsp3) is 0.300. The van der Waals surface area contributed by atoms with Crippen LogP contribution in [0, 0.1) is 0 Å². The minimum absolute atomic E-state index is 0.414. The number of hydrogen-bond acceptors (Lipinski definition) is 4. The molecule has 3 rings (SSSR count). The molecular formula is C20H23N2O4+. The van der Waals surface area contributed by atoms with Gasteiger partial charge in [0.1, 0.15) is 6.54 Å². The number of ketones is 1. The maximum atomic E-state index is 12.3. The number of benzene rings is 2. The molecule has 136 valence electrons. The molecule has 2 aromatic rings. The van der Waals surface area contributed by atoms with Gasteiger partial charge < -0.3 is 14.4 Å². The van der Waals surface area contributed by atoms with Crippen molar-refractivity contribution in [2.45, 2.75) is 13.5 Å². The third-order valence-electron chi connectivity index (χ3n) is 4.34. The Morgan fingerprint density at radius 1 is 1.08 bits per heavy atom. The average molecular weight is 355 g/mol. The second kappa shape index (κ2) is 7.58. The van der Waals surface area contributed by atoms with Gasteiger partial charge >= 0.3 is 5.91 Å².